The largest absolute Gasteiger partial charge is 0.383 e. The highest BCUT2D eigenvalue weighted by atomic mass is 32.2. The topological polar surface area (TPSA) is 111 Å². The number of pyridine rings is 1. The van der Waals surface area contributed by atoms with Crippen LogP contribution in [0.2, 0.25) is 0 Å². The van der Waals surface area contributed by atoms with Gasteiger partial charge in [-0.3, -0.25) is 14.9 Å². The van der Waals surface area contributed by atoms with Crippen LogP contribution in [0.1, 0.15) is 10.4 Å². The lowest BCUT2D eigenvalue weighted by molar-refractivity contribution is -0.385. The van der Waals surface area contributed by atoms with E-state index in [4.69, 9.17) is 5.73 Å². The fraction of sp³-hybridized carbons (Fsp3) is 0.0769. The molecule has 1 heterocycles. The molecule has 1 aromatic heterocycles. The second-order valence-corrected chi connectivity index (χ2v) is 4.95. The molecule has 8 heteroatoms. The number of amides is 1. The number of nitrogens with zero attached hydrogens (tertiary/aromatic N) is 2. The third kappa shape index (κ3) is 3.48. The highest BCUT2D eigenvalue weighted by Gasteiger charge is 2.16. The number of nitrogens with one attached hydrogen (secondary N) is 1. The summed E-state index contributed by atoms with van der Waals surface area (Å²) in [6.45, 7) is 0. The number of carbonyl (C=O) groups is 1. The van der Waals surface area contributed by atoms with Crippen LogP contribution in [-0.4, -0.2) is 22.1 Å². The van der Waals surface area contributed by atoms with Gasteiger partial charge in [0.2, 0.25) is 0 Å². The van der Waals surface area contributed by atoms with Gasteiger partial charge < -0.3 is 11.1 Å². The van der Waals surface area contributed by atoms with Gasteiger partial charge in [-0.05, 0) is 30.5 Å². The maximum absolute atomic E-state index is 12.1. The summed E-state index contributed by atoms with van der Waals surface area (Å²) in [6, 6.07) is 8.30. The average molecular weight is 304 g/mol. The van der Waals surface area contributed by atoms with E-state index in [1.807, 2.05) is 18.4 Å². The minimum absolute atomic E-state index is 0.0295. The van der Waals surface area contributed by atoms with Crippen molar-refractivity contribution in [3.63, 3.8) is 0 Å². The van der Waals surface area contributed by atoms with Crippen LogP contribution >= 0.6 is 11.8 Å². The van der Waals surface area contributed by atoms with E-state index >= 15 is 0 Å². The van der Waals surface area contributed by atoms with Crippen molar-refractivity contribution in [1.29, 1.82) is 0 Å². The Morgan fingerprint density at radius 1 is 1.38 bits per heavy atom. The smallest absolute Gasteiger partial charge is 0.288 e. The van der Waals surface area contributed by atoms with Crippen molar-refractivity contribution < 1.29 is 9.72 Å². The van der Waals surface area contributed by atoms with Crippen LogP contribution in [0.15, 0.2) is 41.4 Å². The van der Waals surface area contributed by atoms with Crippen LogP contribution in [-0.2, 0) is 0 Å². The zero-order chi connectivity index (χ0) is 15.4. The van der Waals surface area contributed by atoms with Crippen LogP contribution in [0.3, 0.4) is 0 Å². The fourth-order valence-corrected chi connectivity index (χ4v) is 2.03. The molecule has 2 aromatic rings. The number of nitrogens with two attached hydrogens (primary N) is 1. The highest BCUT2D eigenvalue weighted by molar-refractivity contribution is 7.98. The standard InChI is InChI=1S/C13H12N4O3S/c1-21-10-4-2-8(3-5-10)16-13(18)11-6-9(17(19)20)7-15-12(11)14/h2-7H,1H3,(H2,14,15)(H,16,18). The number of hydrogen-bond acceptors (Lipinski definition) is 6. The minimum Gasteiger partial charge on any atom is -0.383 e. The van der Waals surface area contributed by atoms with Gasteiger partial charge in [-0.25, -0.2) is 4.98 Å². The van der Waals surface area contributed by atoms with Gasteiger partial charge >= 0.3 is 0 Å². The first-order valence-corrected chi connectivity index (χ1v) is 7.09. The molecule has 0 radical (unpaired) electrons. The maximum atomic E-state index is 12.1. The highest BCUT2D eigenvalue weighted by Crippen LogP contribution is 2.20. The number of carbonyl (C=O) groups excluding carboxylic acids is 1. The lowest BCUT2D eigenvalue weighted by atomic mass is 10.2. The molecule has 0 aliphatic heterocycles. The van der Waals surface area contributed by atoms with E-state index in [9.17, 15) is 14.9 Å². The first-order valence-electron chi connectivity index (χ1n) is 5.86. The minimum atomic E-state index is -0.628. The van der Waals surface area contributed by atoms with E-state index in [0.29, 0.717) is 5.69 Å². The number of hydrogen-bond donors (Lipinski definition) is 2. The molecule has 1 aromatic carbocycles. The van der Waals surface area contributed by atoms with E-state index < -0.39 is 10.8 Å². The molecule has 3 N–H and O–H groups in total. The zero-order valence-electron chi connectivity index (χ0n) is 11.1. The molecule has 1 amide bonds. The molecule has 0 atom stereocenters. The number of aromatic nitrogens is 1. The Morgan fingerprint density at radius 2 is 2.05 bits per heavy atom. The summed E-state index contributed by atoms with van der Waals surface area (Å²) in [7, 11) is 0. The third-order valence-electron chi connectivity index (χ3n) is 2.71. The van der Waals surface area contributed by atoms with Gasteiger partial charge in [0.25, 0.3) is 11.6 Å². The van der Waals surface area contributed by atoms with Gasteiger partial charge in [0.15, 0.2) is 0 Å². The third-order valence-corrected chi connectivity index (χ3v) is 3.45. The normalized spacial score (nSPS) is 10.1. The van der Waals surface area contributed by atoms with Crippen molar-refractivity contribution >= 4 is 34.9 Å². The Bertz CT molecular complexity index is 688. The van der Waals surface area contributed by atoms with Crippen molar-refractivity contribution in [3.8, 4) is 0 Å². The van der Waals surface area contributed by atoms with E-state index in [2.05, 4.69) is 10.3 Å². The molecule has 0 aliphatic rings. The Balaban J connectivity index is 2.23. The number of nitrogen functional groups attached to an aromatic ring is 1. The van der Waals surface area contributed by atoms with Gasteiger partial charge in [0, 0.05) is 16.6 Å². The summed E-state index contributed by atoms with van der Waals surface area (Å²) in [6.07, 6.45) is 2.96. The molecular formula is C13H12N4O3S. The Hall–Kier alpha value is -2.61. The fourth-order valence-electron chi connectivity index (χ4n) is 1.62. The van der Waals surface area contributed by atoms with Crippen molar-refractivity contribution in [1.82, 2.24) is 4.98 Å². The predicted molar refractivity (Wildman–Crippen MR) is 81.5 cm³/mol. The predicted octanol–water partition coefficient (Wildman–Crippen LogP) is 2.55. The monoisotopic (exact) mass is 304 g/mol. The van der Waals surface area contributed by atoms with Gasteiger partial charge in [-0.15, -0.1) is 11.8 Å². The Kier molecular flexibility index (Phi) is 4.39. The summed E-state index contributed by atoms with van der Waals surface area (Å²) in [5, 5.41) is 13.3. The molecule has 108 valence electrons. The number of benzene rings is 1. The second-order valence-electron chi connectivity index (χ2n) is 4.07. The summed E-state index contributed by atoms with van der Waals surface area (Å²) in [5.74, 6) is -0.598. The first-order chi connectivity index (χ1) is 10.0. The number of nitro groups is 1. The molecule has 21 heavy (non-hydrogen) atoms. The molecule has 0 saturated carbocycles. The summed E-state index contributed by atoms with van der Waals surface area (Å²) < 4.78 is 0. The summed E-state index contributed by atoms with van der Waals surface area (Å²) in [4.78, 5) is 26.9. The molecule has 0 aliphatic carbocycles. The molecule has 0 unspecified atom stereocenters. The lowest BCUT2D eigenvalue weighted by Crippen LogP contribution is -2.15. The number of anilines is 2. The Morgan fingerprint density at radius 3 is 2.62 bits per heavy atom. The van der Waals surface area contributed by atoms with E-state index in [1.165, 1.54) is 0 Å². The Labute approximate surface area is 124 Å². The van der Waals surface area contributed by atoms with E-state index in [0.717, 1.165) is 17.2 Å². The molecule has 0 bridgehead atoms. The van der Waals surface area contributed by atoms with Gasteiger partial charge in [0.1, 0.15) is 12.0 Å². The maximum Gasteiger partial charge on any atom is 0.288 e. The van der Waals surface area contributed by atoms with Crippen molar-refractivity contribution in [3.05, 3.63) is 52.2 Å². The van der Waals surface area contributed by atoms with Crippen LogP contribution in [0.5, 0.6) is 0 Å². The van der Waals surface area contributed by atoms with Crippen LogP contribution in [0.25, 0.3) is 0 Å². The molecular weight excluding hydrogens is 292 g/mol. The second kappa shape index (κ2) is 6.23. The molecule has 2 rings (SSSR count). The first kappa shape index (κ1) is 14.8. The van der Waals surface area contributed by atoms with Crippen LogP contribution < -0.4 is 11.1 Å². The van der Waals surface area contributed by atoms with Gasteiger partial charge in [-0.2, -0.15) is 0 Å². The number of thioether (sulfide) groups is 1. The summed E-state index contributed by atoms with van der Waals surface area (Å²) >= 11 is 1.58. The van der Waals surface area contributed by atoms with Crippen LogP contribution in [0, 0.1) is 10.1 Å². The molecule has 0 spiro atoms. The average Bonchev–Trinajstić information content (AvgIpc) is 2.48. The zero-order valence-corrected chi connectivity index (χ0v) is 11.9. The van der Waals surface area contributed by atoms with Crippen molar-refractivity contribution in [2.45, 2.75) is 4.90 Å². The van der Waals surface area contributed by atoms with Crippen molar-refractivity contribution in [2.24, 2.45) is 0 Å². The molecule has 7 nitrogen and oxygen atoms in total. The number of rotatable bonds is 4. The molecule has 0 fully saturated rings. The SMILES string of the molecule is CSc1ccc(NC(=O)c2cc([N+](=O)[O-])cnc2N)cc1. The van der Waals surface area contributed by atoms with Crippen LogP contribution in [0.4, 0.5) is 17.2 Å². The molecule has 0 saturated heterocycles. The van der Waals surface area contributed by atoms with E-state index in [-0.39, 0.29) is 17.1 Å². The van der Waals surface area contributed by atoms with Crippen molar-refractivity contribution in [2.75, 3.05) is 17.3 Å². The summed E-state index contributed by atoms with van der Waals surface area (Å²) in [5.41, 5.74) is 5.85. The van der Waals surface area contributed by atoms with Gasteiger partial charge in [-0.1, -0.05) is 0 Å². The van der Waals surface area contributed by atoms with Gasteiger partial charge in [0.05, 0.1) is 10.5 Å². The quantitative estimate of drug-likeness (QED) is 0.510. The van der Waals surface area contributed by atoms with E-state index in [1.54, 1.807) is 23.9 Å². The lowest BCUT2D eigenvalue weighted by Gasteiger charge is -2.07.